The number of phenolic OH excluding ortho intramolecular Hbond substituents is 1. The van der Waals surface area contributed by atoms with E-state index >= 15 is 0 Å². The van der Waals surface area contributed by atoms with Gasteiger partial charge < -0.3 is 14.7 Å². The van der Waals surface area contributed by atoms with Gasteiger partial charge in [-0.05, 0) is 86.7 Å². The van der Waals surface area contributed by atoms with Crippen LogP contribution in [0.2, 0.25) is 0 Å². The molecule has 10 nitrogen and oxygen atoms in total. The Bertz CT molecular complexity index is 1460. The molecule has 0 saturated carbocycles. The molecule has 3 amide bonds. The number of aromatic hydroxyl groups is 1. The monoisotopic (exact) mass is 557 g/mol. The highest BCUT2D eigenvalue weighted by molar-refractivity contribution is 6.05. The van der Waals surface area contributed by atoms with E-state index in [0.717, 1.165) is 49.3 Å². The van der Waals surface area contributed by atoms with Crippen molar-refractivity contribution < 1.29 is 24.2 Å². The summed E-state index contributed by atoms with van der Waals surface area (Å²) >= 11 is 0. The van der Waals surface area contributed by atoms with E-state index in [1.807, 2.05) is 6.20 Å². The zero-order valence-corrected chi connectivity index (χ0v) is 23.1. The van der Waals surface area contributed by atoms with Crippen LogP contribution in [0, 0.1) is 0 Å². The minimum absolute atomic E-state index is 0.0941. The molecule has 41 heavy (non-hydrogen) atoms. The van der Waals surface area contributed by atoms with Crippen molar-refractivity contribution >= 4 is 28.6 Å². The maximum Gasteiger partial charge on any atom is 0.255 e. The smallest absolute Gasteiger partial charge is 0.255 e. The molecule has 1 atom stereocenters. The average molecular weight is 558 g/mol. The molecule has 3 saturated heterocycles. The second-order valence-corrected chi connectivity index (χ2v) is 11.2. The van der Waals surface area contributed by atoms with Crippen LogP contribution in [0.25, 0.3) is 10.9 Å². The lowest BCUT2D eigenvalue weighted by Crippen LogP contribution is -2.52. The minimum atomic E-state index is -0.611. The lowest BCUT2D eigenvalue weighted by atomic mass is 9.99. The Kier molecular flexibility index (Phi) is 7.93. The summed E-state index contributed by atoms with van der Waals surface area (Å²) in [4.78, 5) is 48.5. The number of likely N-dealkylation sites (tertiary alicyclic amines) is 1. The van der Waals surface area contributed by atoms with Crippen LogP contribution in [0.3, 0.4) is 0 Å². The van der Waals surface area contributed by atoms with E-state index in [0.29, 0.717) is 23.5 Å². The third-order valence-electron chi connectivity index (χ3n) is 8.36. The number of piperidine rings is 1. The molecule has 4 aliphatic heterocycles. The number of hydrogen-bond donors (Lipinski definition) is 2. The van der Waals surface area contributed by atoms with E-state index in [-0.39, 0.29) is 30.5 Å². The SMILES string of the molecule is O=C1CCC(N2Cc3cc(O)ccc3C2=O)C(=O)N1.c1cc2nc(C3CCOCC3)ncc2cc1CN1CCCC1. The van der Waals surface area contributed by atoms with Crippen LogP contribution < -0.4 is 5.32 Å². The molecule has 0 aliphatic carbocycles. The highest BCUT2D eigenvalue weighted by atomic mass is 16.5. The Morgan fingerprint density at radius 1 is 1.00 bits per heavy atom. The zero-order chi connectivity index (χ0) is 28.3. The van der Waals surface area contributed by atoms with Crippen LogP contribution in [0.5, 0.6) is 5.75 Å². The fraction of sp³-hybridized carbons (Fsp3) is 0.452. The first-order valence-corrected chi connectivity index (χ1v) is 14.5. The molecule has 214 valence electrons. The van der Waals surface area contributed by atoms with E-state index in [4.69, 9.17) is 9.72 Å². The molecule has 7 rings (SSSR count). The van der Waals surface area contributed by atoms with Crippen molar-refractivity contribution in [2.75, 3.05) is 26.3 Å². The van der Waals surface area contributed by atoms with Crippen molar-refractivity contribution in [1.29, 1.82) is 0 Å². The number of hydrogen-bond acceptors (Lipinski definition) is 8. The zero-order valence-electron chi connectivity index (χ0n) is 23.1. The summed E-state index contributed by atoms with van der Waals surface area (Å²) in [5.74, 6) is 0.580. The second kappa shape index (κ2) is 11.9. The van der Waals surface area contributed by atoms with E-state index in [1.54, 1.807) is 6.07 Å². The van der Waals surface area contributed by atoms with Gasteiger partial charge in [-0.3, -0.25) is 24.6 Å². The Labute approximate surface area is 238 Å². The van der Waals surface area contributed by atoms with E-state index < -0.39 is 11.9 Å². The third-order valence-corrected chi connectivity index (χ3v) is 8.36. The largest absolute Gasteiger partial charge is 0.508 e. The van der Waals surface area contributed by atoms with E-state index in [1.165, 1.54) is 48.5 Å². The van der Waals surface area contributed by atoms with Gasteiger partial charge in [0.1, 0.15) is 17.6 Å². The summed E-state index contributed by atoms with van der Waals surface area (Å²) in [6.07, 6.45) is 7.34. The molecule has 4 aliphatic rings. The maximum atomic E-state index is 12.2. The summed E-state index contributed by atoms with van der Waals surface area (Å²) < 4.78 is 5.43. The van der Waals surface area contributed by atoms with Crippen molar-refractivity contribution in [3.05, 3.63) is 65.1 Å². The van der Waals surface area contributed by atoms with Crippen LogP contribution in [0.4, 0.5) is 0 Å². The predicted octanol–water partition coefficient (Wildman–Crippen LogP) is 3.27. The number of nitrogens with zero attached hydrogens (tertiary/aromatic N) is 4. The van der Waals surface area contributed by atoms with Gasteiger partial charge in [0, 0.05) is 55.8 Å². The van der Waals surface area contributed by atoms with Crippen molar-refractivity contribution in [2.45, 2.75) is 63.6 Å². The van der Waals surface area contributed by atoms with Crippen LogP contribution in [0.15, 0.2) is 42.6 Å². The number of rotatable bonds is 4. The highest BCUT2D eigenvalue weighted by Crippen LogP contribution is 2.30. The van der Waals surface area contributed by atoms with Crippen molar-refractivity contribution in [3.8, 4) is 5.75 Å². The molecular formula is C31H35N5O5. The molecule has 10 heteroatoms. The van der Waals surface area contributed by atoms with Crippen molar-refractivity contribution in [2.24, 2.45) is 0 Å². The molecule has 5 heterocycles. The minimum Gasteiger partial charge on any atom is -0.508 e. The van der Waals surface area contributed by atoms with E-state index in [9.17, 15) is 19.5 Å². The standard InChI is InChI=1S/C18H23N3O.C13H12N2O4/c1-2-8-21(7-1)13-14-3-4-17-16(11-14)12-19-18(20-17)15-5-9-22-10-6-15;16-8-1-2-9-7(5-8)6-15(13(9)19)10-3-4-11(17)14-12(10)18/h3-4,11-12,15H,1-2,5-10,13H2;1-2,5,10,16H,3-4,6H2,(H,14,17,18). The fourth-order valence-corrected chi connectivity index (χ4v) is 6.11. The molecule has 1 unspecified atom stereocenters. The van der Waals surface area contributed by atoms with Crippen LogP contribution >= 0.6 is 0 Å². The molecule has 2 N–H and O–H groups in total. The van der Waals surface area contributed by atoms with Gasteiger partial charge in [-0.2, -0.15) is 0 Å². The average Bonchev–Trinajstić information content (AvgIpc) is 3.61. The molecule has 0 spiro atoms. The summed E-state index contributed by atoms with van der Waals surface area (Å²) in [5.41, 5.74) is 3.65. The number of benzene rings is 2. The van der Waals surface area contributed by atoms with Gasteiger partial charge in [0.2, 0.25) is 11.8 Å². The van der Waals surface area contributed by atoms with Gasteiger partial charge in [-0.15, -0.1) is 0 Å². The first-order chi connectivity index (χ1) is 19.9. The lowest BCUT2D eigenvalue weighted by molar-refractivity contribution is -0.136. The Morgan fingerprint density at radius 3 is 2.59 bits per heavy atom. The normalized spacial score (nSPS) is 21.5. The number of aromatic nitrogens is 2. The number of imide groups is 1. The number of amides is 3. The molecule has 1 aromatic heterocycles. The van der Waals surface area contributed by atoms with E-state index in [2.05, 4.69) is 33.4 Å². The van der Waals surface area contributed by atoms with Crippen LogP contribution in [0.1, 0.15) is 71.8 Å². The Hall–Kier alpha value is -3.89. The summed E-state index contributed by atoms with van der Waals surface area (Å²) in [5, 5.41) is 12.8. The quantitative estimate of drug-likeness (QED) is 0.469. The summed E-state index contributed by atoms with van der Waals surface area (Å²) in [6.45, 7) is 5.47. The van der Waals surface area contributed by atoms with Gasteiger partial charge in [0.25, 0.3) is 5.91 Å². The fourth-order valence-electron chi connectivity index (χ4n) is 6.11. The number of phenols is 1. The molecule has 0 radical (unpaired) electrons. The van der Waals surface area contributed by atoms with Crippen LogP contribution in [-0.2, 0) is 27.4 Å². The molecule has 3 fully saturated rings. The highest BCUT2D eigenvalue weighted by Gasteiger charge is 2.39. The van der Waals surface area contributed by atoms with Crippen molar-refractivity contribution in [3.63, 3.8) is 0 Å². The first kappa shape index (κ1) is 27.3. The second-order valence-electron chi connectivity index (χ2n) is 11.2. The number of ether oxygens (including phenoxy) is 1. The predicted molar refractivity (Wildman–Crippen MR) is 151 cm³/mol. The van der Waals surface area contributed by atoms with Gasteiger partial charge >= 0.3 is 0 Å². The molecule has 0 bridgehead atoms. The molecule has 2 aromatic carbocycles. The van der Waals surface area contributed by atoms with Gasteiger partial charge in [0.15, 0.2) is 0 Å². The summed E-state index contributed by atoms with van der Waals surface area (Å²) in [6, 6.07) is 10.6. The van der Waals surface area contributed by atoms with Gasteiger partial charge in [0.05, 0.1) is 5.52 Å². The third kappa shape index (κ3) is 6.08. The van der Waals surface area contributed by atoms with Gasteiger partial charge in [-0.25, -0.2) is 9.97 Å². The summed E-state index contributed by atoms with van der Waals surface area (Å²) in [7, 11) is 0. The van der Waals surface area contributed by atoms with Gasteiger partial charge in [-0.1, -0.05) is 6.07 Å². The molecule has 3 aromatic rings. The lowest BCUT2D eigenvalue weighted by Gasteiger charge is -2.29. The topological polar surface area (TPSA) is 125 Å². The maximum absolute atomic E-state index is 12.2. The Balaban J connectivity index is 0.000000149. The Morgan fingerprint density at radius 2 is 1.80 bits per heavy atom. The molecular weight excluding hydrogens is 522 g/mol. The number of carbonyl (C=O) groups excluding carboxylic acids is 3. The van der Waals surface area contributed by atoms with Crippen LogP contribution in [-0.4, -0.2) is 74.9 Å². The number of fused-ring (bicyclic) bond motifs is 2. The first-order valence-electron chi connectivity index (χ1n) is 14.5. The van der Waals surface area contributed by atoms with Crippen molar-refractivity contribution in [1.82, 2.24) is 25.1 Å². The number of nitrogens with one attached hydrogen (secondary N) is 1. The number of carbonyl (C=O) groups is 3.